The standard InChI is InChI=1S/C17H27NO2/c1-4-6-12-18(13-7-5-2)14-15-8-10-16(11-9-15)17(19)20-3/h8-11H,4-7,12-14H2,1-3H3. The molecule has 0 amide bonds. The monoisotopic (exact) mass is 277 g/mol. The lowest BCUT2D eigenvalue weighted by Crippen LogP contribution is -2.25. The van der Waals surface area contributed by atoms with Crippen molar-refractivity contribution in [2.75, 3.05) is 20.2 Å². The van der Waals surface area contributed by atoms with Crippen molar-refractivity contribution in [3.8, 4) is 0 Å². The number of rotatable bonds is 9. The van der Waals surface area contributed by atoms with E-state index in [0.717, 1.165) is 19.6 Å². The zero-order chi connectivity index (χ0) is 14.8. The van der Waals surface area contributed by atoms with E-state index in [-0.39, 0.29) is 5.97 Å². The van der Waals surface area contributed by atoms with Crippen molar-refractivity contribution >= 4 is 5.97 Å². The van der Waals surface area contributed by atoms with E-state index >= 15 is 0 Å². The molecule has 0 bridgehead atoms. The van der Waals surface area contributed by atoms with E-state index < -0.39 is 0 Å². The number of unbranched alkanes of at least 4 members (excludes halogenated alkanes) is 2. The maximum Gasteiger partial charge on any atom is 0.337 e. The molecule has 0 saturated carbocycles. The first kappa shape index (κ1) is 16.7. The van der Waals surface area contributed by atoms with Crippen molar-refractivity contribution in [1.82, 2.24) is 4.90 Å². The number of carbonyl (C=O) groups excluding carboxylic acids is 1. The first-order valence-electron chi connectivity index (χ1n) is 7.60. The minimum atomic E-state index is -0.273. The van der Waals surface area contributed by atoms with Crippen LogP contribution in [-0.4, -0.2) is 31.1 Å². The molecule has 0 aromatic heterocycles. The SMILES string of the molecule is CCCCN(CCCC)Cc1ccc(C(=O)OC)cc1. The third-order valence-corrected chi connectivity index (χ3v) is 3.44. The van der Waals surface area contributed by atoms with Crippen molar-refractivity contribution in [1.29, 1.82) is 0 Å². The van der Waals surface area contributed by atoms with Crippen molar-refractivity contribution in [2.45, 2.75) is 46.1 Å². The Morgan fingerprint density at radius 2 is 1.60 bits per heavy atom. The summed E-state index contributed by atoms with van der Waals surface area (Å²) in [5.74, 6) is -0.273. The van der Waals surface area contributed by atoms with Gasteiger partial charge in [0.15, 0.2) is 0 Å². The molecule has 0 spiro atoms. The fourth-order valence-electron chi connectivity index (χ4n) is 2.16. The highest BCUT2D eigenvalue weighted by Crippen LogP contribution is 2.10. The lowest BCUT2D eigenvalue weighted by Gasteiger charge is -2.22. The van der Waals surface area contributed by atoms with E-state index in [1.165, 1.54) is 38.4 Å². The molecule has 3 nitrogen and oxygen atoms in total. The molecule has 20 heavy (non-hydrogen) atoms. The second-order valence-electron chi connectivity index (χ2n) is 5.17. The molecule has 0 aliphatic carbocycles. The number of esters is 1. The van der Waals surface area contributed by atoms with E-state index in [2.05, 4.69) is 18.7 Å². The van der Waals surface area contributed by atoms with Gasteiger partial charge in [0.2, 0.25) is 0 Å². The predicted molar refractivity (Wildman–Crippen MR) is 82.9 cm³/mol. The van der Waals surface area contributed by atoms with Crippen LogP contribution in [0.5, 0.6) is 0 Å². The summed E-state index contributed by atoms with van der Waals surface area (Å²) in [6.07, 6.45) is 4.93. The molecule has 0 heterocycles. The van der Waals surface area contributed by atoms with Crippen molar-refractivity contribution in [3.05, 3.63) is 35.4 Å². The Kier molecular flexibility index (Phi) is 7.97. The molecular weight excluding hydrogens is 250 g/mol. The predicted octanol–water partition coefficient (Wildman–Crippen LogP) is 3.88. The van der Waals surface area contributed by atoms with Crippen LogP contribution >= 0.6 is 0 Å². The summed E-state index contributed by atoms with van der Waals surface area (Å²) in [5.41, 5.74) is 1.87. The average Bonchev–Trinajstić information content (AvgIpc) is 2.49. The van der Waals surface area contributed by atoms with Crippen molar-refractivity contribution in [3.63, 3.8) is 0 Å². The maximum absolute atomic E-state index is 11.4. The van der Waals surface area contributed by atoms with Gasteiger partial charge in [-0.2, -0.15) is 0 Å². The molecule has 1 aromatic carbocycles. The lowest BCUT2D eigenvalue weighted by molar-refractivity contribution is 0.0600. The minimum Gasteiger partial charge on any atom is -0.465 e. The maximum atomic E-state index is 11.4. The Balaban J connectivity index is 2.60. The summed E-state index contributed by atoms with van der Waals surface area (Å²) >= 11 is 0. The van der Waals surface area contributed by atoms with Crippen LogP contribution in [0.4, 0.5) is 0 Å². The van der Waals surface area contributed by atoms with Gasteiger partial charge in [0.05, 0.1) is 12.7 Å². The lowest BCUT2D eigenvalue weighted by atomic mass is 10.1. The topological polar surface area (TPSA) is 29.5 Å². The summed E-state index contributed by atoms with van der Waals surface area (Å²) in [5, 5.41) is 0. The molecule has 112 valence electrons. The van der Waals surface area contributed by atoms with Gasteiger partial charge in [-0.3, -0.25) is 4.90 Å². The molecule has 0 N–H and O–H groups in total. The van der Waals surface area contributed by atoms with Crippen molar-refractivity contribution in [2.24, 2.45) is 0 Å². The first-order chi connectivity index (χ1) is 9.71. The first-order valence-corrected chi connectivity index (χ1v) is 7.60. The third-order valence-electron chi connectivity index (χ3n) is 3.44. The van der Waals surface area contributed by atoms with Crippen LogP contribution < -0.4 is 0 Å². The highest BCUT2D eigenvalue weighted by atomic mass is 16.5. The van der Waals surface area contributed by atoms with Gasteiger partial charge in [-0.15, -0.1) is 0 Å². The molecule has 0 fully saturated rings. The average molecular weight is 277 g/mol. The van der Waals surface area contributed by atoms with Gasteiger partial charge in [-0.05, 0) is 43.6 Å². The van der Waals surface area contributed by atoms with E-state index in [1.807, 2.05) is 24.3 Å². The van der Waals surface area contributed by atoms with Crippen molar-refractivity contribution < 1.29 is 9.53 Å². The van der Waals surface area contributed by atoms with Crippen LogP contribution in [0.15, 0.2) is 24.3 Å². The quantitative estimate of drug-likeness (QED) is 0.642. The number of carbonyl (C=O) groups is 1. The largest absolute Gasteiger partial charge is 0.465 e. The smallest absolute Gasteiger partial charge is 0.337 e. The Morgan fingerprint density at radius 3 is 2.05 bits per heavy atom. The summed E-state index contributed by atoms with van der Waals surface area (Å²) in [4.78, 5) is 13.9. The van der Waals surface area contributed by atoms with Gasteiger partial charge in [0, 0.05) is 6.54 Å². The number of methoxy groups -OCH3 is 1. The molecule has 0 radical (unpaired) electrons. The number of nitrogens with zero attached hydrogens (tertiary/aromatic N) is 1. The number of benzene rings is 1. The van der Waals surface area contributed by atoms with Crippen LogP contribution in [0.25, 0.3) is 0 Å². The van der Waals surface area contributed by atoms with E-state index in [4.69, 9.17) is 4.74 Å². The van der Waals surface area contributed by atoms with E-state index in [9.17, 15) is 4.79 Å². The minimum absolute atomic E-state index is 0.273. The molecule has 1 rings (SSSR count). The molecule has 0 aliphatic rings. The Hall–Kier alpha value is -1.35. The summed E-state index contributed by atoms with van der Waals surface area (Å²) in [7, 11) is 1.41. The number of hydrogen-bond acceptors (Lipinski definition) is 3. The van der Waals surface area contributed by atoms with Crippen LogP contribution in [0.2, 0.25) is 0 Å². The third kappa shape index (κ3) is 5.74. The van der Waals surface area contributed by atoms with Crippen LogP contribution in [0, 0.1) is 0 Å². The van der Waals surface area contributed by atoms with E-state index in [0.29, 0.717) is 5.56 Å². The number of ether oxygens (including phenoxy) is 1. The molecule has 0 saturated heterocycles. The Morgan fingerprint density at radius 1 is 1.05 bits per heavy atom. The molecule has 0 unspecified atom stereocenters. The van der Waals surface area contributed by atoms with E-state index in [1.54, 1.807) is 0 Å². The van der Waals surface area contributed by atoms with Crippen LogP contribution in [-0.2, 0) is 11.3 Å². The fourth-order valence-corrected chi connectivity index (χ4v) is 2.16. The van der Waals surface area contributed by atoms with Gasteiger partial charge in [0.1, 0.15) is 0 Å². The van der Waals surface area contributed by atoms with Gasteiger partial charge < -0.3 is 4.74 Å². The highest BCUT2D eigenvalue weighted by molar-refractivity contribution is 5.89. The number of hydrogen-bond donors (Lipinski definition) is 0. The Bertz CT molecular complexity index is 378. The molecule has 0 atom stereocenters. The highest BCUT2D eigenvalue weighted by Gasteiger charge is 2.07. The van der Waals surface area contributed by atoms with Crippen LogP contribution in [0.3, 0.4) is 0 Å². The van der Waals surface area contributed by atoms with Gasteiger partial charge in [-0.25, -0.2) is 4.79 Å². The van der Waals surface area contributed by atoms with Gasteiger partial charge in [-0.1, -0.05) is 38.8 Å². The Labute approximate surface area is 122 Å². The molecular formula is C17H27NO2. The summed E-state index contributed by atoms with van der Waals surface area (Å²) in [6.45, 7) is 7.71. The van der Waals surface area contributed by atoms with Crippen LogP contribution in [0.1, 0.15) is 55.5 Å². The zero-order valence-electron chi connectivity index (χ0n) is 13.0. The summed E-state index contributed by atoms with van der Waals surface area (Å²) in [6, 6.07) is 7.74. The van der Waals surface area contributed by atoms with Gasteiger partial charge in [0.25, 0.3) is 0 Å². The second kappa shape index (κ2) is 9.54. The second-order valence-corrected chi connectivity index (χ2v) is 5.17. The van der Waals surface area contributed by atoms with Gasteiger partial charge >= 0.3 is 5.97 Å². The molecule has 1 aromatic rings. The molecule has 0 aliphatic heterocycles. The normalized spacial score (nSPS) is 10.8. The molecule has 3 heteroatoms. The zero-order valence-corrected chi connectivity index (χ0v) is 13.0. The fraction of sp³-hybridized carbons (Fsp3) is 0.588. The summed E-state index contributed by atoms with van der Waals surface area (Å²) < 4.78 is 4.71.